The number of carbonyl (C=O) groups excluding carboxylic acids is 2. The number of benzene rings is 2. The second-order valence-corrected chi connectivity index (χ2v) is 6.54. The predicted molar refractivity (Wildman–Crippen MR) is 101 cm³/mol. The Morgan fingerprint density at radius 1 is 1.21 bits per heavy atom. The largest absolute Gasteiger partial charge is 0.481 e. The average molecular weight is 385 g/mol. The number of urea groups is 1. The summed E-state index contributed by atoms with van der Waals surface area (Å²) in [5, 5.41) is 14.7. The van der Waals surface area contributed by atoms with Gasteiger partial charge >= 0.3 is 12.0 Å². The third-order valence-corrected chi connectivity index (χ3v) is 4.70. The molecule has 8 heteroatoms. The lowest BCUT2D eigenvalue weighted by molar-refractivity contribution is -0.142. The first-order chi connectivity index (χ1) is 13.4. The van der Waals surface area contributed by atoms with Crippen molar-refractivity contribution in [3.8, 4) is 0 Å². The molecule has 7 nitrogen and oxygen atoms in total. The summed E-state index contributed by atoms with van der Waals surface area (Å²) >= 11 is 0. The maximum Gasteiger partial charge on any atom is 0.321 e. The first kappa shape index (κ1) is 19.3. The zero-order valence-electron chi connectivity index (χ0n) is 15.2. The molecule has 146 valence electrons. The SMILES string of the molecule is CC(C(=O)O)C(NC(=O)c1cc(N2CCNC2=O)ccc1F)c1ccccc1. The van der Waals surface area contributed by atoms with Crippen molar-refractivity contribution >= 4 is 23.6 Å². The van der Waals surface area contributed by atoms with E-state index in [9.17, 15) is 23.9 Å². The molecule has 3 amide bonds. The van der Waals surface area contributed by atoms with E-state index in [1.54, 1.807) is 30.3 Å². The van der Waals surface area contributed by atoms with Crippen molar-refractivity contribution in [3.63, 3.8) is 0 Å². The van der Waals surface area contributed by atoms with Crippen LogP contribution in [0, 0.1) is 11.7 Å². The molecule has 0 radical (unpaired) electrons. The fourth-order valence-electron chi connectivity index (χ4n) is 3.09. The van der Waals surface area contributed by atoms with Crippen LogP contribution in [0.5, 0.6) is 0 Å². The summed E-state index contributed by atoms with van der Waals surface area (Å²) in [6, 6.07) is 11.3. The first-order valence-corrected chi connectivity index (χ1v) is 8.82. The van der Waals surface area contributed by atoms with Gasteiger partial charge in [0, 0.05) is 18.8 Å². The van der Waals surface area contributed by atoms with Gasteiger partial charge in [-0.2, -0.15) is 0 Å². The van der Waals surface area contributed by atoms with Gasteiger partial charge in [0.25, 0.3) is 5.91 Å². The summed E-state index contributed by atoms with van der Waals surface area (Å²) in [6.45, 7) is 2.35. The van der Waals surface area contributed by atoms with Crippen molar-refractivity contribution in [2.24, 2.45) is 5.92 Å². The van der Waals surface area contributed by atoms with Gasteiger partial charge in [-0.05, 0) is 30.7 Å². The first-order valence-electron chi connectivity index (χ1n) is 8.82. The third-order valence-electron chi connectivity index (χ3n) is 4.70. The van der Waals surface area contributed by atoms with Gasteiger partial charge in [0.1, 0.15) is 5.82 Å². The molecule has 1 heterocycles. The van der Waals surface area contributed by atoms with Crippen LogP contribution in [0.15, 0.2) is 48.5 Å². The van der Waals surface area contributed by atoms with E-state index in [1.165, 1.54) is 24.0 Å². The lowest BCUT2D eigenvalue weighted by atomic mass is 9.94. The number of carboxylic acids is 1. The van der Waals surface area contributed by atoms with Gasteiger partial charge in [0.15, 0.2) is 0 Å². The Morgan fingerprint density at radius 3 is 2.54 bits per heavy atom. The van der Waals surface area contributed by atoms with Crippen molar-refractivity contribution in [2.75, 3.05) is 18.0 Å². The lowest BCUT2D eigenvalue weighted by Gasteiger charge is -2.23. The number of amides is 3. The molecule has 0 aliphatic carbocycles. The number of aliphatic carboxylic acids is 1. The summed E-state index contributed by atoms with van der Waals surface area (Å²) in [7, 11) is 0. The topological polar surface area (TPSA) is 98.7 Å². The van der Waals surface area contributed by atoms with Crippen LogP contribution in [0.1, 0.15) is 28.9 Å². The molecule has 3 rings (SSSR count). The Balaban J connectivity index is 1.89. The quantitative estimate of drug-likeness (QED) is 0.712. The van der Waals surface area contributed by atoms with Gasteiger partial charge in [-0.25, -0.2) is 9.18 Å². The van der Waals surface area contributed by atoms with Crippen LogP contribution < -0.4 is 15.5 Å². The summed E-state index contributed by atoms with van der Waals surface area (Å²) in [5.41, 5.74) is 0.737. The maximum absolute atomic E-state index is 14.3. The molecule has 3 N–H and O–H groups in total. The van der Waals surface area contributed by atoms with Crippen LogP contribution >= 0.6 is 0 Å². The van der Waals surface area contributed by atoms with Gasteiger partial charge in [-0.1, -0.05) is 30.3 Å². The Kier molecular flexibility index (Phi) is 5.58. The molecule has 2 aromatic carbocycles. The summed E-state index contributed by atoms with van der Waals surface area (Å²) in [5.74, 6) is -3.52. The van der Waals surface area contributed by atoms with Gasteiger partial charge in [0.05, 0.1) is 17.5 Å². The Hall–Kier alpha value is -3.42. The zero-order valence-corrected chi connectivity index (χ0v) is 15.2. The molecule has 1 aliphatic heterocycles. The highest BCUT2D eigenvalue weighted by atomic mass is 19.1. The number of anilines is 1. The molecule has 1 fully saturated rings. The van der Waals surface area contributed by atoms with Gasteiger partial charge in [-0.15, -0.1) is 0 Å². The van der Waals surface area contributed by atoms with E-state index in [1.807, 2.05) is 0 Å². The molecule has 2 unspecified atom stereocenters. The number of hydrogen-bond acceptors (Lipinski definition) is 3. The standard InChI is InChI=1S/C20H20FN3O4/c1-12(19(26)27)17(13-5-3-2-4-6-13)23-18(25)15-11-14(7-8-16(15)21)24-10-9-22-20(24)28/h2-8,11-12,17H,9-10H2,1H3,(H,22,28)(H,23,25)(H,26,27). The number of hydrogen-bond donors (Lipinski definition) is 3. The molecule has 0 bridgehead atoms. The fourth-order valence-corrected chi connectivity index (χ4v) is 3.09. The van der Waals surface area contributed by atoms with Crippen molar-refractivity contribution in [3.05, 3.63) is 65.5 Å². The van der Waals surface area contributed by atoms with E-state index in [-0.39, 0.29) is 11.6 Å². The van der Waals surface area contributed by atoms with E-state index in [4.69, 9.17) is 0 Å². The molecule has 0 spiro atoms. The minimum Gasteiger partial charge on any atom is -0.481 e. The monoisotopic (exact) mass is 385 g/mol. The van der Waals surface area contributed by atoms with Crippen LogP contribution in [0.2, 0.25) is 0 Å². The fraction of sp³-hybridized carbons (Fsp3) is 0.250. The molecular weight excluding hydrogens is 365 g/mol. The normalized spacial score (nSPS) is 15.6. The van der Waals surface area contributed by atoms with Gasteiger partial charge < -0.3 is 15.7 Å². The summed E-state index contributed by atoms with van der Waals surface area (Å²) in [4.78, 5) is 37.5. The van der Waals surface area contributed by atoms with Crippen LogP contribution in [0.4, 0.5) is 14.9 Å². The third kappa shape index (κ3) is 3.95. The highest BCUT2D eigenvalue weighted by molar-refractivity contribution is 5.99. The molecule has 2 aromatic rings. The molecule has 1 aliphatic rings. The number of nitrogens with one attached hydrogen (secondary N) is 2. The molecular formula is C20H20FN3O4. The zero-order chi connectivity index (χ0) is 20.3. The second kappa shape index (κ2) is 8.08. The maximum atomic E-state index is 14.3. The molecule has 2 atom stereocenters. The molecule has 0 aromatic heterocycles. The molecule has 28 heavy (non-hydrogen) atoms. The van der Waals surface area contributed by atoms with Crippen LogP contribution in [-0.2, 0) is 4.79 Å². The van der Waals surface area contributed by atoms with Crippen LogP contribution in [0.3, 0.4) is 0 Å². The highest BCUT2D eigenvalue weighted by Crippen LogP contribution is 2.25. The van der Waals surface area contributed by atoms with Gasteiger partial charge in [-0.3, -0.25) is 14.5 Å². The van der Waals surface area contributed by atoms with Crippen molar-refractivity contribution in [2.45, 2.75) is 13.0 Å². The predicted octanol–water partition coefficient (Wildman–Crippen LogP) is 2.55. The van der Waals surface area contributed by atoms with Crippen molar-refractivity contribution in [1.29, 1.82) is 0 Å². The van der Waals surface area contributed by atoms with E-state index >= 15 is 0 Å². The summed E-state index contributed by atoms with van der Waals surface area (Å²) < 4.78 is 14.3. The van der Waals surface area contributed by atoms with E-state index < -0.39 is 29.7 Å². The number of rotatable bonds is 6. The Bertz CT molecular complexity index is 904. The van der Waals surface area contributed by atoms with E-state index in [0.717, 1.165) is 6.07 Å². The number of carboxylic acid groups (broad SMARTS) is 1. The van der Waals surface area contributed by atoms with Crippen molar-refractivity contribution in [1.82, 2.24) is 10.6 Å². The second-order valence-electron chi connectivity index (χ2n) is 6.54. The summed E-state index contributed by atoms with van der Waals surface area (Å²) in [6.07, 6.45) is 0. The minimum absolute atomic E-state index is 0.254. The van der Waals surface area contributed by atoms with Crippen molar-refractivity contribution < 1.29 is 23.9 Å². The van der Waals surface area contributed by atoms with Crippen LogP contribution in [-0.4, -0.2) is 36.1 Å². The Morgan fingerprint density at radius 2 is 1.93 bits per heavy atom. The average Bonchev–Trinajstić information content (AvgIpc) is 3.12. The number of carbonyl (C=O) groups is 3. The smallest absolute Gasteiger partial charge is 0.321 e. The van der Waals surface area contributed by atoms with E-state index in [0.29, 0.717) is 24.3 Å². The number of nitrogens with zero attached hydrogens (tertiary/aromatic N) is 1. The minimum atomic E-state index is -1.09. The van der Waals surface area contributed by atoms with Crippen LogP contribution in [0.25, 0.3) is 0 Å². The highest BCUT2D eigenvalue weighted by Gasteiger charge is 2.29. The van der Waals surface area contributed by atoms with E-state index in [2.05, 4.69) is 10.6 Å². The van der Waals surface area contributed by atoms with Gasteiger partial charge in [0.2, 0.25) is 0 Å². The molecule has 1 saturated heterocycles. The lowest BCUT2D eigenvalue weighted by Crippen LogP contribution is -2.36. The Labute approximate surface area is 161 Å². The molecule has 0 saturated carbocycles. The number of halogens is 1.